The van der Waals surface area contributed by atoms with E-state index in [0.717, 1.165) is 24.8 Å². The third kappa shape index (κ3) is 2.07. The molecule has 1 aliphatic rings. The second-order valence-electron chi connectivity index (χ2n) is 3.05. The van der Waals surface area contributed by atoms with Gasteiger partial charge in [0.15, 0.2) is 0 Å². The molecule has 0 aromatic carbocycles. The van der Waals surface area contributed by atoms with Crippen molar-refractivity contribution in [3.05, 3.63) is 11.6 Å². The first-order valence-electron chi connectivity index (χ1n) is 4.24. The summed E-state index contributed by atoms with van der Waals surface area (Å²) < 4.78 is 0. The molecule has 0 spiro atoms. The van der Waals surface area contributed by atoms with Gasteiger partial charge in [-0.2, -0.15) is 0 Å². The molecule has 0 bridgehead atoms. The third-order valence-corrected chi connectivity index (χ3v) is 2.09. The fourth-order valence-electron chi connectivity index (χ4n) is 0.913. The van der Waals surface area contributed by atoms with Crippen LogP contribution in [-0.2, 0) is 4.79 Å². The number of hydrogen-bond donors (Lipinski definition) is 1. The Balaban J connectivity index is 2.31. The first-order valence-corrected chi connectivity index (χ1v) is 4.24. The zero-order valence-corrected chi connectivity index (χ0v) is 7.18. The van der Waals surface area contributed by atoms with Crippen molar-refractivity contribution < 1.29 is 4.79 Å². The van der Waals surface area contributed by atoms with E-state index in [-0.39, 0.29) is 5.91 Å². The van der Waals surface area contributed by atoms with Gasteiger partial charge in [-0.3, -0.25) is 4.79 Å². The summed E-state index contributed by atoms with van der Waals surface area (Å²) >= 11 is 0. The molecule has 0 aromatic heterocycles. The molecule has 0 aromatic rings. The largest absolute Gasteiger partial charge is 0.350 e. The van der Waals surface area contributed by atoms with E-state index in [2.05, 4.69) is 12.2 Å². The molecular formula is C9H15NO. The molecule has 1 N–H and O–H groups in total. The second kappa shape index (κ2) is 3.56. The number of hydrogen-bond acceptors (Lipinski definition) is 1. The van der Waals surface area contributed by atoms with Crippen molar-refractivity contribution in [3.63, 3.8) is 0 Å². The van der Waals surface area contributed by atoms with Crippen LogP contribution < -0.4 is 5.32 Å². The van der Waals surface area contributed by atoms with Gasteiger partial charge in [-0.05, 0) is 26.2 Å². The van der Waals surface area contributed by atoms with Crippen LogP contribution in [0, 0.1) is 0 Å². The molecule has 0 saturated heterocycles. The van der Waals surface area contributed by atoms with Gasteiger partial charge in [0.2, 0.25) is 5.91 Å². The third-order valence-electron chi connectivity index (χ3n) is 2.09. The van der Waals surface area contributed by atoms with Gasteiger partial charge in [0.1, 0.15) is 0 Å². The van der Waals surface area contributed by atoms with Crippen molar-refractivity contribution in [2.45, 2.75) is 39.2 Å². The van der Waals surface area contributed by atoms with Crippen LogP contribution in [-0.4, -0.2) is 11.9 Å². The summed E-state index contributed by atoms with van der Waals surface area (Å²) in [5, 5.41) is 2.92. The Kier molecular flexibility index (Phi) is 2.69. The predicted molar refractivity (Wildman–Crippen MR) is 45.2 cm³/mol. The number of allylic oxidation sites excluding steroid dienone is 1. The van der Waals surface area contributed by atoms with E-state index in [1.54, 1.807) is 0 Å². The Morgan fingerprint density at radius 1 is 1.82 bits per heavy atom. The van der Waals surface area contributed by atoms with E-state index in [1.165, 1.54) is 0 Å². The fraction of sp³-hybridized carbons (Fsp3) is 0.667. The zero-order chi connectivity index (χ0) is 8.27. The van der Waals surface area contributed by atoms with Gasteiger partial charge in [-0.1, -0.05) is 13.0 Å². The number of amides is 1. The van der Waals surface area contributed by atoms with E-state index in [9.17, 15) is 4.79 Å². The van der Waals surface area contributed by atoms with Crippen molar-refractivity contribution in [1.82, 2.24) is 5.32 Å². The maximum atomic E-state index is 11.2. The molecule has 11 heavy (non-hydrogen) atoms. The Bertz CT molecular complexity index is 184. The Morgan fingerprint density at radius 3 is 2.82 bits per heavy atom. The molecule has 1 aliphatic carbocycles. The zero-order valence-electron chi connectivity index (χ0n) is 7.18. The summed E-state index contributed by atoms with van der Waals surface area (Å²) in [6.07, 6.45) is 5.03. The highest BCUT2D eigenvalue weighted by atomic mass is 16.1. The van der Waals surface area contributed by atoms with Crippen LogP contribution in [0.1, 0.15) is 33.1 Å². The molecule has 62 valence electrons. The minimum absolute atomic E-state index is 0.130. The van der Waals surface area contributed by atoms with Crippen molar-refractivity contribution in [1.29, 1.82) is 0 Å². The Hall–Kier alpha value is -0.790. The van der Waals surface area contributed by atoms with Gasteiger partial charge in [0, 0.05) is 11.6 Å². The minimum atomic E-state index is 0.130. The number of carbonyl (C=O) groups is 1. The molecule has 1 rings (SSSR count). The van der Waals surface area contributed by atoms with Crippen LogP contribution in [0.4, 0.5) is 0 Å². The average molecular weight is 153 g/mol. The molecule has 0 aliphatic heterocycles. The topological polar surface area (TPSA) is 29.1 Å². The summed E-state index contributed by atoms with van der Waals surface area (Å²) in [5.74, 6) is 0.130. The van der Waals surface area contributed by atoms with E-state index in [0.29, 0.717) is 6.04 Å². The summed E-state index contributed by atoms with van der Waals surface area (Å²) in [6, 6.07) is 0.309. The second-order valence-corrected chi connectivity index (χ2v) is 3.05. The minimum Gasteiger partial charge on any atom is -0.350 e. The van der Waals surface area contributed by atoms with Gasteiger partial charge >= 0.3 is 0 Å². The van der Waals surface area contributed by atoms with Crippen molar-refractivity contribution >= 4 is 5.91 Å². The predicted octanol–water partition coefficient (Wildman–Crippen LogP) is 1.62. The lowest BCUT2D eigenvalue weighted by atomic mass is 9.98. The molecule has 0 heterocycles. The SMILES string of the molecule is CCC(C)NC(=O)C1=CCC1. The normalized spacial score (nSPS) is 18.2. The number of rotatable bonds is 3. The first kappa shape index (κ1) is 8.31. The molecule has 2 nitrogen and oxygen atoms in total. The maximum Gasteiger partial charge on any atom is 0.247 e. The first-order chi connectivity index (χ1) is 5.24. The smallest absolute Gasteiger partial charge is 0.247 e. The van der Waals surface area contributed by atoms with E-state index in [1.807, 2.05) is 13.0 Å². The summed E-state index contributed by atoms with van der Waals surface area (Å²) in [5.41, 5.74) is 0.963. The molecule has 1 unspecified atom stereocenters. The summed E-state index contributed by atoms with van der Waals surface area (Å²) in [4.78, 5) is 11.2. The molecule has 1 amide bonds. The summed E-state index contributed by atoms with van der Waals surface area (Å²) in [7, 11) is 0. The number of nitrogens with one attached hydrogen (secondary N) is 1. The van der Waals surface area contributed by atoms with Gasteiger partial charge in [-0.15, -0.1) is 0 Å². The lowest BCUT2D eigenvalue weighted by Gasteiger charge is -2.17. The average Bonchev–Trinajstić information content (AvgIpc) is 1.83. The van der Waals surface area contributed by atoms with Gasteiger partial charge < -0.3 is 5.32 Å². The van der Waals surface area contributed by atoms with Crippen LogP contribution >= 0.6 is 0 Å². The summed E-state index contributed by atoms with van der Waals surface area (Å²) in [6.45, 7) is 4.09. The van der Waals surface area contributed by atoms with Crippen molar-refractivity contribution in [3.8, 4) is 0 Å². The molecule has 0 fully saturated rings. The number of carbonyl (C=O) groups excluding carboxylic acids is 1. The highest BCUT2D eigenvalue weighted by molar-refractivity contribution is 5.94. The molecule has 0 radical (unpaired) electrons. The standard InChI is InChI=1S/C9H15NO/c1-3-7(2)10-9(11)8-5-4-6-8/h5,7H,3-4,6H2,1-2H3,(H,10,11). The Morgan fingerprint density at radius 2 is 2.45 bits per heavy atom. The fourth-order valence-corrected chi connectivity index (χ4v) is 0.913. The van der Waals surface area contributed by atoms with Crippen LogP contribution in [0.3, 0.4) is 0 Å². The highest BCUT2D eigenvalue weighted by Gasteiger charge is 2.15. The van der Waals surface area contributed by atoms with Gasteiger partial charge in [0.25, 0.3) is 0 Å². The van der Waals surface area contributed by atoms with Gasteiger partial charge in [-0.25, -0.2) is 0 Å². The van der Waals surface area contributed by atoms with Crippen molar-refractivity contribution in [2.24, 2.45) is 0 Å². The van der Waals surface area contributed by atoms with Crippen LogP contribution in [0.5, 0.6) is 0 Å². The quantitative estimate of drug-likeness (QED) is 0.656. The lowest BCUT2D eigenvalue weighted by Crippen LogP contribution is -2.34. The van der Waals surface area contributed by atoms with Crippen LogP contribution in [0.15, 0.2) is 11.6 Å². The van der Waals surface area contributed by atoms with Gasteiger partial charge in [0.05, 0.1) is 0 Å². The molecule has 0 saturated carbocycles. The Labute approximate surface area is 67.7 Å². The van der Waals surface area contributed by atoms with E-state index < -0.39 is 0 Å². The van der Waals surface area contributed by atoms with Crippen LogP contribution in [0.2, 0.25) is 0 Å². The lowest BCUT2D eigenvalue weighted by molar-refractivity contribution is -0.118. The highest BCUT2D eigenvalue weighted by Crippen LogP contribution is 2.17. The molecular weight excluding hydrogens is 138 g/mol. The van der Waals surface area contributed by atoms with Crippen molar-refractivity contribution in [2.75, 3.05) is 0 Å². The monoisotopic (exact) mass is 153 g/mol. The molecule has 1 atom stereocenters. The molecule has 2 heteroatoms. The van der Waals surface area contributed by atoms with E-state index in [4.69, 9.17) is 0 Å². The van der Waals surface area contributed by atoms with Crippen LogP contribution in [0.25, 0.3) is 0 Å². The maximum absolute atomic E-state index is 11.2. The van der Waals surface area contributed by atoms with E-state index >= 15 is 0 Å².